The largest absolute Gasteiger partial charge is 0.476 e. The number of aromatic nitrogens is 2. The van der Waals surface area contributed by atoms with Crippen molar-refractivity contribution in [3.63, 3.8) is 0 Å². The average Bonchev–Trinajstić information content (AvgIpc) is 2.45. The summed E-state index contributed by atoms with van der Waals surface area (Å²) in [6, 6.07) is 0. The Hall–Kier alpha value is -1.69. The first-order valence-electron chi connectivity index (χ1n) is 6.66. The van der Waals surface area contributed by atoms with E-state index >= 15 is 0 Å². The number of hydrogen-bond donors (Lipinski definition) is 2. The van der Waals surface area contributed by atoms with E-state index in [9.17, 15) is 4.79 Å². The normalized spacial score (nSPS) is 16.2. The first-order valence-corrected chi connectivity index (χ1v) is 6.66. The first-order chi connectivity index (χ1) is 9.25. The van der Waals surface area contributed by atoms with E-state index in [-0.39, 0.29) is 5.69 Å². The third kappa shape index (κ3) is 4.48. The highest BCUT2D eigenvalue weighted by molar-refractivity contribution is 5.85. The molecule has 0 aliphatic heterocycles. The number of ether oxygens (including phenoxy) is 1. The minimum absolute atomic E-state index is 0.0572. The highest BCUT2D eigenvalue weighted by Gasteiger charge is 2.13. The van der Waals surface area contributed by atoms with E-state index in [2.05, 4.69) is 15.3 Å². The van der Waals surface area contributed by atoms with Crippen LogP contribution in [0.25, 0.3) is 0 Å². The van der Waals surface area contributed by atoms with E-state index in [1.54, 1.807) is 0 Å². The van der Waals surface area contributed by atoms with Gasteiger partial charge in [-0.05, 0) is 12.8 Å². The zero-order valence-electron chi connectivity index (χ0n) is 10.8. The number of nitrogens with one attached hydrogen (secondary N) is 1. The van der Waals surface area contributed by atoms with E-state index in [4.69, 9.17) is 9.84 Å². The lowest BCUT2D eigenvalue weighted by Crippen LogP contribution is -2.21. The van der Waals surface area contributed by atoms with Gasteiger partial charge in [-0.25, -0.2) is 9.78 Å². The van der Waals surface area contributed by atoms with Gasteiger partial charge in [0.1, 0.15) is 5.82 Å². The Morgan fingerprint density at radius 1 is 1.37 bits per heavy atom. The molecule has 1 aromatic rings. The summed E-state index contributed by atoms with van der Waals surface area (Å²) in [5.41, 5.74) is -0.0572. The molecule has 19 heavy (non-hydrogen) atoms. The minimum Gasteiger partial charge on any atom is -0.476 e. The molecule has 0 bridgehead atoms. The molecule has 1 saturated carbocycles. The maximum Gasteiger partial charge on any atom is 0.356 e. The van der Waals surface area contributed by atoms with E-state index in [1.165, 1.54) is 31.7 Å². The van der Waals surface area contributed by atoms with Gasteiger partial charge in [0.25, 0.3) is 0 Å². The van der Waals surface area contributed by atoms with Crippen molar-refractivity contribution in [2.24, 2.45) is 0 Å². The van der Waals surface area contributed by atoms with Crippen molar-refractivity contribution in [1.29, 1.82) is 0 Å². The number of aromatic carboxylic acids is 1. The number of carboxylic acids is 1. The molecule has 0 aromatic carbocycles. The molecule has 1 aromatic heterocycles. The highest BCUT2D eigenvalue weighted by atomic mass is 16.5. The molecular weight excluding hydrogens is 246 g/mol. The molecule has 6 heteroatoms. The Bertz CT molecular complexity index is 419. The molecule has 1 aliphatic carbocycles. The van der Waals surface area contributed by atoms with Crippen LogP contribution in [0, 0.1) is 0 Å². The van der Waals surface area contributed by atoms with Crippen molar-refractivity contribution in [3.05, 3.63) is 18.1 Å². The molecular formula is C13H19N3O3. The molecule has 0 radical (unpaired) electrons. The van der Waals surface area contributed by atoms with Gasteiger partial charge < -0.3 is 15.2 Å². The molecule has 1 aliphatic rings. The fraction of sp³-hybridized carbons (Fsp3) is 0.615. The van der Waals surface area contributed by atoms with Crippen LogP contribution in [0.15, 0.2) is 12.4 Å². The number of carboxylic acid groups (broad SMARTS) is 1. The number of rotatable bonds is 6. The van der Waals surface area contributed by atoms with E-state index < -0.39 is 5.97 Å². The number of hydrogen-bond acceptors (Lipinski definition) is 5. The molecule has 1 heterocycles. The standard InChI is InChI=1S/C13H19N3O3/c17-13(18)11-8-14-9-12(16-11)15-6-7-19-10-4-2-1-3-5-10/h8-10H,1-7H2,(H,15,16)(H,17,18). The summed E-state index contributed by atoms with van der Waals surface area (Å²) in [7, 11) is 0. The van der Waals surface area contributed by atoms with Gasteiger partial charge in [-0.15, -0.1) is 0 Å². The van der Waals surface area contributed by atoms with Crippen LogP contribution in [0.3, 0.4) is 0 Å². The lowest BCUT2D eigenvalue weighted by atomic mass is 9.98. The lowest BCUT2D eigenvalue weighted by molar-refractivity contribution is 0.0347. The fourth-order valence-electron chi connectivity index (χ4n) is 2.19. The van der Waals surface area contributed by atoms with E-state index in [0.717, 1.165) is 12.8 Å². The summed E-state index contributed by atoms with van der Waals surface area (Å²) in [5, 5.41) is 11.8. The van der Waals surface area contributed by atoms with Gasteiger partial charge in [-0.2, -0.15) is 0 Å². The predicted octanol–water partition coefficient (Wildman–Crippen LogP) is 1.94. The number of carbonyl (C=O) groups is 1. The smallest absolute Gasteiger partial charge is 0.356 e. The van der Waals surface area contributed by atoms with Crippen LogP contribution >= 0.6 is 0 Å². The summed E-state index contributed by atoms with van der Waals surface area (Å²) in [5.74, 6) is -0.609. The first kappa shape index (κ1) is 13.7. The summed E-state index contributed by atoms with van der Waals surface area (Å²) in [4.78, 5) is 18.5. The Labute approximate surface area is 112 Å². The molecule has 0 saturated heterocycles. The maximum absolute atomic E-state index is 10.7. The highest BCUT2D eigenvalue weighted by Crippen LogP contribution is 2.19. The van der Waals surface area contributed by atoms with E-state index in [1.807, 2.05) is 0 Å². The van der Waals surface area contributed by atoms with Crippen LogP contribution in [0.1, 0.15) is 42.6 Å². The molecule has 0 amide bonds. The van der Waals surface area contributed by atoms with Crippen molar-refractivity contribution >= 4 is 11.8 Å². The van der Waals surface area contributed by atoms with E-state index in [0.29, 0.717) is 25.1 Å². The number of nitrogens with zero attached hydrogens (tertiary/aromatic N) is 2. The lowest BCUT2D eigenvalue weighted by Gasteiger charge is -2.22. The second-order valence-electron chi connectivity index (χ2n) is 4.65. The zero-order chi connectivity index (χ0) is 13.5. The van der Waals surface area contributed by atoms with Crippen molar-refractivity contribution in [2.75, 3.05) is 18.5 Å². The third-order valence-corrected chi connectivity index (χ3v) is 3.17. The number of anilines is 1. The van der Waals surface area contributed by atoms with Crippen LogP contribution in [-0.2, 0) is 4.74 Å². The summed E-state index contributed by atoms with van der Waals surface area (Å²) in [6.07, 6.45) is 9.23. The molecule has 0 atom stereocenters. The van der Waals surface area contributed by atoms with Crippen LogP contribution in [0.2, 0.25) is 0 Å². The van der Waals surface area contributed by atoms with Crippen LogP contribution in [0.5, 0.6) is 0 Å². The topological polar surface area (TPSA) is 84.3 Å². The Morgan fingerprint density at radius 2 is 2.16 bits per heavy atom. The summed E-state index contributed by atoms with van der Waals surface area (Å²) in [6.45, 7) is 1.21. The Kier molecular flexibility index (Phi) is 5.09. The zero-order valence-corrected chi connectivity index (χ0v) is 10.8. The van der Waals surface area contributed by atoms with Gasteiger partial charge in [0.15, 0.2) is 5.69 Å². The summed E-state index contributed by atoms with van der Waals surface area (Å²) >= 11 is 0. The van der Waals surface area contributed by atoms with Gasteiger partial charge in [-0.3, -0.25) is 4.98 Å². The fourth-order valence-corrected chi connectivity index (χ4v) is 2.19. The predicted molar refractivity (Wildman–Crippen MR) is 70.3 cm³/mol. The van der Waals surface area contributed by atoms with Crippen molar-refractivity contribution in [3.8, 4) is 0 Å². The average molecular weight is 265 g/mol. The molecule has 2 N–H and O–H groups in total. The Morgan fingerprint density at radius 3 is 2.89 bits per heavy atom. The molecule has 2 rings (SSSR count). The van der Waals surface area contributed by atoms with Crippen molar-refractivity contribution in [1.82, 2.24) is 9.97 Å². The van der Waals surface area contributed by atoms with Crippen LogP contribution in [0.4, 0.5) is 5.82 Å². The van der Waals surface area contributed by atoms with Crippen molar-refractivity contribution in [2.45, 2.75) is 38.2 Å². The van der Waals surface area contributed by atoms with Crippen LogP contribution in [-0.4, -0.2) is 40.3 Å². The van der Waals surface area contributed by atoms with Gasteiger partial charge in [0.05, 0.1) is 25.1 Å². The summed E-state index contributed by atoms with van der Waals surface area (Å²) < 4.78 is 5.76. The Balaban J connectivity index is 1.70. The second-order valence-corrected chi connectivity index (χ2v) is 4.65. The molecule has 0 spiro atoms. The van der Waals surface area contributed by atoms with Gasteiger partial charge in [-0.1, -0.05) is 19.3 Å². The monoisotopic (exact) mass is 265 g/mol. The second kappa shape index (κ2) is 7.04. The molecule has 1 fully saturated rings. The van der Waals surface area contributed by atoms with Gasteiger partial charge in [0.2, 0.25) is 0 Å². The minimum atomic E-state index is -1.07. The quantitative estimate of drug-likeness (QED) is 0.765. The van der Waals surface area contributed by atoms with Crippen LogP contribution < -0.4 is 5.32 Å². The molecule has 104 valence electrons. The molecule has 6 nitrogen and oxygen atoms in total. The molecule has 0 unspecified atom stereocenters. The maximum atomic E-state index is 10.7. The SMILES string of the molecule is O=C(O)c1cncc(NCCOC2CCCCC2)n1. The van der Waals surface area contributed by atoms with Gasteiger partial charge >= 0.3 is 5.97 Å². The van der Waals surface area contributed by atoms with Gasteiger partial charge in [0, 0.05) is 6.54 Å². The van der Waals surface area contributed by atoms with Crippen molar-refractivity contribution < 1.29 is 14.6 Å². The third-order valence-electron chi connectivity index (χ3n) is 3.17.